The average Bonchev–Trinajstić information content (AvgIpc) is 2.61. The van der Waals surface area contributed by atoms with Crippen LogP contribution in [0, 0.1) is 6.92 Å². The molecule has 1 amide bonds. The highest BCUT2D eigenvalue weighted by Crippen LogP contribution is 2.13. The molecule has 3 aromatic rings. The van der Waals surface area contributed by atoms with Crippen molar-refractivity contribution in [1.29, 1.82) is 0 Å². The third-order valence-electron chi connectivity index (χ3n) is 3.78. The van der Waals surface area contributed by atoms with E-state index in [0.717, 1.165) is 16.6 Å². The Labute approximate surface area is 141 Å². The first-order valence-electron chi connectivity index (χ1n) is 7.85. The van der Waals surface area contributed by atoms with Gasteiger partial charge in [-0.25, -0.2) is 9.97 Å². The van der Waals surface area contributed by atoms with Gasteiger partial charge in [-0.15, -0.1) is 0 Å². The number of aromatic nitrogens is 2. The average molecular weight is 317 g/mol. The monoisotopic (exact) mass is 317 g/mol. The van der Waals surface area contributed by atoms with Crippen LogP contribution in [-0.4, -0.2) is 34.4 Å². The predicted octanol–water partition coefficient (Wildman–Crippen LogP) is 3.72. The molecule has 0 fully saturated rings. The van der Waals surface area contributed by atoms with Gasteiger partial charge in [0.05, 0.1) is 16.7 Å². The molecule has 120 valence electrons. The lowest BCUT2D eigenvalue weighted by Gasteiger charge is -2.15. The van der Waals surface area contributed by atoms with Crippen molar-refractivity contribution in [2.45, 2.75) is 6.92 Å². The number of fused-ring (bicyclic) bond motifs is 1. The van der Waals surface area contributed by atoms with E-state index in [2.05, 4.69) is 9.97 Å². The summed E-state index contributed by atoms with van der Waals surface area (Å²) in [5, 5.41) is 0. The number of para-hydroxylation sites is 2. The normalized spacial score (nSPS) is 11.1. The van der Waals surface area contributed by atoms with Gasteiger partial charge in [-0.05, 0) is 24.6 Å². The standard InChI is InChI=1S/C20H19N3O/c1-15-19(22-18-13-7-6-12-17(18)21-15)20(24)23(2)14-8-11-16-9-4-3-5-10-16/h3-13H,14H2,1-2H3/b11-8+. The van der Waals surface area contributed by atoms with E-state index in [9.17, 15) is 4.79 Å². The third kappa shape index (κ3) is 3.49. The fourth-order valence-electron chi connectivity index (χ4n) is 2.47. The molecular weight excluding hydrogens is 298 g/mol. The molecule has 0 saturated carbocycles. The fraction of sp³-hybridized carbons (Fsp3) is 0.150. The number of benzene rings is 2. The quantitative estimate of drug-likeness (QED) is 0.736. The van der Waals surface area contributed by atoms with Crippen LogP contribution in [0.2, 0.25) is 0 Å². The predicted molar refractivity (Wildman–Crippen MR) is 96.7 cm³/mol. The Morgan fingerprint density at radius 3 is 2.33 bits per heavy atom. The van der Waals surface area contributed by atoms with Crippen LogP contribution in [0.15, 0.2) is 60.7 Å². The number of rotatable bonds is 4. The van der Waals surface area contributed by atoms with Crippen molar-refractivity contribution in [3.63, 3.8) is 0 Å². The zero-order valence-corrected chi connectivity index (χ0v) is 13.8. The van der Waals surface area contributed by atoms with E-state index in [1.165, 1.54) is 0 Å². The lowest BCUT2D eigenvalue weighted by Crippen LogP contribution is -2.28. The number of aryl methyl sites for hydroxylation is 1. The Morgan fingerprint density at radius 1 is 1.00 bits per heavy atom. The molecular formula is C20H19N3O. The summed E-state index contributed by atoms with van der Waals surface area (Å²) in [5.41, 5.74) is 3.71. The van der Waals surface area contributed by atoms with Crippen molar-refractivity contribution in [3.05, 3.63) is 77.6 Å². The van der Waals surface area contributed by atoms with Crippen molar-refractivity contribution in [1.82, 2.24) is 14.9 Å². The molecule has 0 atom stereocenters. The Balaban J connectivity index is 1.76. The van der Waals surface area contributed by atoms with Gasteiger partial charge in [0.2, 0.25) is 0 Å². The topological polar surface area (TPSA) is 46.1 Å². The molecule has 1 heterocycles. The number of amides is 1. The Bertz CT molecular complexity index is 888. The Morgan fingerprint density at radius 2 is 1.62 bits per heavy atom. The second-order valence-electron chi connectivity index (χ2n) is 5.65. The van der Waals surface area contributed by atoms with Gasteiger partial charge in [-0.2, -0.15) is 0 Å². The summed E-state index contributed by atoms with van der Waals surface area (Å²) in [4.78, 5) is 23.2. The summed E-state index contributed by atoms with van der Waals surface area (Å²) < 4.78 is 0. The first kappa shape index (κ1) is 15.9. The smallest absolute Gasteiger partial charge is 0.274 e. The van der Waals surface area contributed by atoms with Crippen LogP contribution in [0.3, 0.4) is 0 Å². The van der Waals surface area contributed by atoms with Gasteiger partial charge in [-0.3, -0.25) is 4.79 Å². The van der Waals surface area contributed by atoms with E-state index in [4.69, 9.17) is 0 Å². The summed E-state index contributed by atoms with van der Waals surface area (Å²) in [6, 6.07) is 17.6. The molecule has 0 radical (unpaired) electrons. The molecule has 1 aromatic heterocycles. The lowest BCUT2D eigenvalue weighted by molar-refractivity contribution is 0.0804. The van der Waals surface area contributed by atoms with Crippen LogP contribution in [0.1, 0.15) is 21.7 Å². The molecule has 4 heteroatoms. The highest BCUT2D eigenvalue weighted by Gasteiger charge is 2.16. The fourth-order valence-corrected chi connectivity index (χ4v) is 2.47. The van der Waals surface area contributed by atoms with Crippen LogP contribution in [0.25, 0.3) is 17.1 Å². The van der Waals surface area contributed by atoms with Crippen LogP contribution in [0.4, 0.5) is 0 Å². The van der Waals surface area contributed by atoms with E-state index in [0.29, 0.717) is 17.9 Å². The van der Waals surface area contributed by atoms with E-state index >= 15 is 0 Å². The number of hydrogen-bond acceptors (Lipinski definition) is 3. The van der Waals surface area contributed by atoms with E-state index in [1.54, 1.807) is 11.9 Å². The van der Waals surface area contributed by atoms with Crippen LogP contribution in [0.5, 0.6) is 0 Å². The van der Waals surface area contributed by atoms with Gasteiger partial charge >= 0.3 is 0 Å². The maximum atomic E-state index is 12.6. The molecule has 0 spiro atoms. The SMILES string of the molecule is Cc1nc2ccccc2nc1C(=O)N(C)C/C=C/c1ccccc1. The molecule has 0 unspecified atom stereocenters. The first-order valence-corrected chi connectivity index (χ1v) is 7.85. The summed E-state index contributed by atoms with van der Waals surface area (Å²) in [5.74, 6) is -0.122. The Hall–Kier alpha value is -3.01. The van der Waals surface area contributed by atoms with Gasteiger partial charge in [0, 0.05) is 13.6 Å². The molecule has 24 heavy (non-hydrogen) atoms. The van der Waals surface area contributed by atoms with Gasteiger partial charge in [0.1, 0.15) is 5.69 Å². The Kier molecular flexibility index (Phi) is 4.66. The lowest BCUT2D eigenvalue weighted by atomic mass is 10.2. The van der Waals surface area contributed by atoms with Crippen LogP contribution >= 0.6 is 0 Å². The van der Waals surface area contributed by atoms with Gasteiger partial charge < -0.3 is 4.90 Å². The molecule has 0 saturated heterocycles. The molecule has 0 bridgehead atoms. The first-order chi connectivity index (χ1) is 11.6. The molecule has 2 aromatic carbocycles. The second kappa shape index (κ2) is 7.04. The van der Waals surface area contributed by atoms with Gasteiger partial charge in [-0.1, -0.05) is 54.6 Å². The van der Waals surface area contributed by atoms with E-state index in [1.807, 2.05) is 73.7 Å². The minimum Gasteiger partial charge on any atom is -0.337 e. The maximum absolute atomic E-state index is 12.6. The second-order valence-corrected chi connectivity index (χ2v) is 5.65. The molecule has 0 aliphatic heterocycles. The highest BCUT2D eigenvalue weighted by atomic mass is 16.2. The summed E-state index contributed by atoms with van der Waals surface area (Å²) in [6.07, 6.45) is 3.97. The van der Waals surface area contributed by atoms with E-state index in [-0.39, 0.29) is 5.91 Å². The van der Waals surface area contributed by atoms with E-state index < -0.39 is 0 Å². The molecule has 3 rings (SSSR count). The van der Waals surface area contributed by atoms with Crippen LogP contribution < -0.4 is 0 Å². The van der Waals surface area contributed by atoms with Gasteiger partial charge in [0.25, 0.3) is 5.91 Å². The molecule has 4 nitrogen and oxygen atoms in total. The molecule has 0 aliphatic rings. The number of likely N-dealkylation sites (N-methyl/N-ethyl adjacent to an activating group) is 1. The molecule has 0 N–H and O–H groups in total. The summed E-state index contributed by atoms with van der Waals surface area (Å²) in [7, 11) is 1.77. The van der Waals surface area contributed by atoms with Crippen molar-refractivity contribution in [2.75, 3.05) is 13.6 Å². The minimum absolute atomic E-state index is 0.122. The van der Waals surface area contributed by atoms with Crippen molar-refractivity contribution < 1.29 is 4.79 Å². The number of nitrogens with zero attached hydrogens (tertiary/aromatic N) is 3. The van der Waals surface area contributed by atoms with Crippen LogP contribution in [-0.2, 0) is 0 Å². The van der Waals surface area contributed by atoms with Gasteiger partial charge in [0.15, 0.2) is 0 Å². The minimum atomic E-state index is -0.122. The maximum Gasteiger partial charge on any atom is 0.274 e. The molecule has 0 aliphatic carbocycles. The number of carbonyl (C=O) groups is 1. The largest absolute Gasteiger partial charge is 0.337 e. The summed E-state index contributed by atoms with van der Waals surface area (Å²) >= 11 is 0. The zero-order chi connectivity index (χ0) is 16.9. The summed E-state index contributed by atoms with van der Waals surface area (Å²) in [6.45, 7) is 2.34. The number of hydrogen-bond donors (Lipinski definition) is 0. The highest BCUT2D eigenvalue weighted by molar-refractivity contribution is 5.95. The third-order valence-corrected chi connectivity index (χ3v) is 3.78. The zero-order valence-electron chi connectivity index (χ0n) is 13.8. The van der Waals surface area contributed by atoms with Crippen molar-refractivity contribution >= 4 is 23.0 Å². The number of carbonyl (C=O) groups excluding carboxylic acids is 1. The van der Waals surface area contributed by atoms with Crippen molar-refractivity contribution in [2.24, 2.45) is 0 Å². The van der Waals surface area contributed by atoms with Crippen molar-refractivity contribution in [3.8, 4) is 0 Å².